The molecule has 5 N–H and O–H groups in total. The molecule has 2 aliphatic heterocycles. The molecule has 0 amide bonds. The van der Waals surface area contributed by atoms with Crippen molar-refractivity contribution < 1.29 is 49.5 Å². The van der Waals surface area contributed by atoms with Gasteiger partial charge >= 0.3 is 29.8 Å². The lowest BCUT2D eigenvalue weighted by Crippen LogP contribution is -2.37. The molecule has 7 heterocycles. The molecule has 14 rings (SSSR count). The largest absolute Gasteiger partial charge is 0.480 e. The molecule has 3 aliphatic rings. The van der Waals surface area contributed by atoms with Crippen molar-refractivity contribution in [3.63, 3.8) is 0 Å². The predicted molar refractivity (Wildman–Crippen MR) is 509 cm³/mol. The lowest BCUT2D eigenvalue weighted by molar-refractivity contribution is -0.138. The third kappa shape index (κ3) is 21.6. The van der Waals surface area contributed by atoms with Crippen LogP contribution in [0.4, 0.5) is 22.7 Å². The number of aromatic nitrogens is 3. The van der Waals surface area contributed by atoms with E-state index < -0.39 is 77.2 Å². The second-order valence-corrected chi connectivity index (χ2v) is 36.7. The highest BCUT2D eigenvalue weighted by Crippen LogP contribution is 2.53. The molecule has 19 nitrogen and oxygen atoms in total. The van der Waals surface area contributed by atoms with Crippen molar-refractivity contribution in [2.75, 3.05) is 16.3 Å². The van der Waals surface area contributed by atoms with Crippen molar-refractivity contribution >= 4 is 139 Å². The third-order valence-electron chi connectivity index (χ3n) is 23.8. The van der Waals surface area contributed by atoms with Gasteiger partial charge in [-0.15, -0.1) is 45.3 Å². The smallest absolute Gasteiger partial charge is 0.350 e. The van der Waals surface area contributed by atoms with Crippen molar-refractivity contribution in [3.8, 4) is 42.1 Å². The van der Waals surface area contributed by atoms with Gasteiger partial charge < -0.3 is 39.9 Å². The van der Waals surface area contributed by atoms with E-state index in [0.717, 1.165) is 179 Å². The fraction of sp³-hybridized carbons (Fsp3) is 0.330. The van der Waals surface area contributed by atoms with Crippen LogP contribution in [-0.4, -0.2) is 81.7 Å². The van der Waals surface area contributed by atoms with Crippen molar-refractivity contribution in [2.24, 2.45) is 0 Å². The number of aliphatic carboxylic acids is 5. The van der Waals surface area contributed by atoms with Gasteiger partial charge in [-0.25, -0.2) is 9.59 Å². The molecular weight excluding hydrogens is 1660 g/mol. The van der Waals surface area contributed by atoms with Crippen molar-refractivity contribution in [1.29, 1.82) is 10.5 Å². The molecule has 650 valence electrons. The highest BCUT2D eigenvalue weighted by Gasteiger charge is 2.42. The molecule has 6 aromatic carbocycles. The number of carboxylic acid groups (broad SMARTS) is 5. The number of hydrogen-bond donors (Lipinski definition) is 5. The number of nitriles is 2. The van der Waals surface area contributed by atoms with Crippen LogP contribution in [0.15, 0.2) is 179 Å². The first-order chi connectivity index (χ1) is 61.2. The topological polar surface area (TPSA) is 289 Å². The lowest BCUT2D eigenvalue weighted by atomic mass is 9.95. The molecule has 0 bridgehead atoms. The summed E-state index contributed by atoms with van der Waals surface area (Å²) in [6.07, 6.45) is 34.7. The number of thiazole rings is 1. The first kappa shape index (κ1) is 91.4. The second-order valence-electron chi connectivity index (χ2n) is 32.5. The van der Waals surface area contributed by atoms with E-state index >= 15 is 0 Å². The van der Waals surface area contributed by atoms with E-state index in [9.17, 15) is 69.6 Å². The Kier molecular flexibility index (Phi) is 31.6. The number of rotatable bonds is 38. The van der Waals surface area contributed by atoms with Crippen molar-refractivity contribution in [3.05, 3.63) is 271 Å². The number of nitrogens with zero attached hydrogens (tertiary/aromatic N) is 7. The Morgan fingerprint density at radius 1 is 0.492 bits per heavy atom. The minimum absolute atomic E-state index is 0.137. The Morgan fingerprint density at radius 3 is 1.63 bits per heavy atom. The van der Waals surface area contributed by atoms with Crippen LogP contribution in [0.2, 0.25) is 0 Å². The summed E-state index contributed by atoms with van der Waals surface area (Å²) in [5.41, 5.74) is 15.8. The molecule has 126 heavy (non-hydrogen) atoms. The maximum Gasteiger partial charge on any atom is 0.350 e. The molecule has 1 aliphatic carbocycles. The number of imidazole rings is 1. The lowest BCUT2D eigenvalue weighted by Gasteiger charge is -2.27. The standard InChI is InChI=1S/C61H74N4O7S3.C42H33N3O5S/c1-5-9-13-17-24-43-34-53(73-52(43)37-50-60(70)65(40-56(68)69)59(47(38-62)61(71)72)64(50)39-55(66)67)57-46(26-19-15-11-7-3)36-54(75-57)58-45(25-18-14-10-6-2)35-51(74-58)44-30-31-49-42(33-44)29-28-41-23-20-21-27-48(41)63(49)32-22-16-12-8-4;43-25-35(42(49)50)41-44(26-39(46)47)40(48)38(51-41)16-7-9-27-19-22-37-34(24-27)32-14-8-15-36(32)45(37)31-20-17-28(18-21-31)23-33(29-10-3-1-4-11-29)30-12-5-2-6-13-30/h20-21,23,27,30-31,33-37H,5-19,22,24-26,28-29,32,39-40H2,1-4H3,(H,66,67)(H,68,69)(H,71,72);1-7,9-13,16-24,32,36H,8,14-15,26H2,(H,46,47)(H,49,50)/b50-37+,59-47-;9-7+,38-16-,41-35+. The summed E-state index contributed by atoms with van der Waals surface area (Å²) in [6, 6.07) is 62.7. The number of anilines is 4. The summed E-state index contributed by atoms with van der Waals surface area (Å²) >= 11 is 5.99. The van der Waals surface area contributed by atoms with E-state index in [0.29, 0.717) is 27.8 Å². The zero-order valence-corrected chi connectivity index (χ0v) is 75.1. The van der Waals surface area contributed by atoms with Crippen LogP contribution in [-0.2, 0) is 75.7 Å². The van der Waals surface area contributed by atoms with E-state index in [1.54, 1.807) is 35.6 Å². The normalized spacial score (nSPS) is 14.6. The van der Waals surface area contributed by atoms with E-state index in [1.807, 2.05) is 35.6 Å². The SMILES string of the molecule is CCCCCCc1cc(-c2sc(-c3sc(-c4ccc5c(c4)CCc4ccccc4N5CCCCCC)cc3CCCCCC)cc2CCCCCC)sc1/C=c1\c(=O)n(CC(=O)O)/c(=C(/C#N)C(=O)O)n1CC(=O)O.N#C/C(C(=O)O)=c1\s/c(=C\C=C\c2ccc3c(c2)C2CCCC2N3c2ccc(C=C(c3ccccc3)c3ccccc3)cc2)c(=O)n1CC(=O)O. The van der Waals surface area contributed by atoms with Crippen molar-refractivity contribution in [2.45, 2.75) is 213 Å². The van der Waals surface area contributed by atoms with Crippen molar-refractivity contribution in [1.82, 2.24) is 13.7 Å². The number of allylic oxidation sites excluding steroid dienone is 1. The van der Waals surface area contributed by atoms with E-state index in [2.05, 4.69) is 189 Å². The Labute approximate surface area is 750 Å². The second kappa shape index (κ2) is 43.6. The van der Waals surface area contributed by atoms with Gasteiger partial charge in [-0.05, 0) is 216 Å². The Balaban J connectivity index is 0.000000231. The Bertz CT molecular complexity index is 6320. The molecule has 23 heteroatoms. The van der Waals surface area contributed by atoms with Gasteiger partial charge in [0.15, 0.2) is 11.1 Å². The van der Waals surface area contributed by atoms with E-state index in [1.165, 1.54) is 127 Å². The first-order valence-corrected chi connectivity index (χ1v) is 47.3. The minimum atomic E-state index is -1.70. The number of unbranched alkanes of at least 4 members (excludes halogenated alkanes) is 12. The van der Waals surface area contributed by atoms with Crippen LogP contribution < -0.4 is 40.9 Å². The molecule has 0 spiro atoms. The highest BCUT2D eigenvalue weighted by atomic mass is 32.1. The molecule has 2 unspecified atom stereocenters. The maximum atomic E-state index is 14.2. The summed E-state index contributed by atoms with van der Waals surface area (Å²) in [7, 11) is 0. The zero-order chi connectivity index (χ0) is 88.9. The number of thiophene rings is 3. The number of carbonyl (C=O) groups is 5. The average molecular weight is 1760 g/mol. The van der Waals surface area contributed by atoms with E-state index in [-0.39, 0.29) is 14.5 Å². The molecule has 11 aromatic rings. The molecular formula is C103H107N7O12S4. The number of carboxylic acids is 5. The zero-order valence-electron chi connectivity index (χ0n) is 71.8. The van der Waals surface area contributed by atoms with Gasteiger partial charge in [0.2, 0.25) is 0 Å². The molecule has 2 atom stereocenters. The highest BCUT2D eigenvalue weighted by molar-refractivity contribution is 7.27. The summed E-state index contributed by atoms with van der Waals surface area (Å²) in [6.45, 7) is 7.33. The summed E-state index contributed by atoms with van der Waals surface area (Å²) in [5, 5.41) is 67.7. The maximum absolute atomic E-state index is 14.2. The number of fused-ring (bicyclic) bond motifs is 5. The number of benzene rings is 6. The number of aryl methyl sites for hydroxylation is 5. The number of para-hydroxylation sites is 1. The number of hydrogen-bond acceptors (Lipinski definition) is 15. The minimum Gasteiger partial charge on any atom is -0.480 e. The Morgan fingerprint density at radius 2 is 1.02 bits per heavy atom. The molecule has 5 aromatic heterocycles. The third-order valence-corrected chi connectivity index (χ3v) is 28.8. The van der Waals surface area contributed by atoms with Crippen LogP contribution in [0.1, 0.15) is 216 Å². The van der Waals surface area contributed by atoms with Gasteiger partial charge in [-0.2, -0.15) is 10.5 Å². The van der Waals surface area contributed by atoms with Gasteiger partial charge in [0.25, 0.3) is 11.1 Å². The van der Waals surface area contributed by atoms with Gasteiger partial charge in [-0.1, -0.05) is 226 Å². The molecule has 0 saturated heterocycles. The molecule has 1 fully saturated rings. The van der Waals surface area contributed by atoms with Crippen LogP contribution in [0.5, 0.6) is 0 Å². The molecule has 0 radical (unpaired) electrons. The van der Waals surface area contributed by atoms with Gasteiger partial charge in [0.05, 0.1) is 4.53 Å². The molecule has 1 saturated carbocycles. The van der Waals surface area contributed by atoms with Gasteiger partial charge in [0.1, 0.15) is 47.3 Å². The first-order valence-electron chi connectivity index (χ1n) is 44.1. The fourth-order valence-electron chi connectivity index (χ4n) is 17.7. The quantitative estimate of drug-likeness (QED) is 0.0177. The van der Waals surface area contributed by atoms with Crippen LogP contribution in [0, 0.1) is 22.7 Å². The fourth-order valence-corrected chi connectivity index (χ4v) is 22.5. The van der Waals surface area contributed by atoms with E-state index in [4.69, 9.17) is 0 Å². The summed E-state index contributed by atoms with van der Waals surface area (Å²) < 4.78 is 2.41. The van der Waals surface area contributed by atoms with Crippen LogP contribution in [0.3, 0.4) is 0 Å². The Hall–Kier alpha value is -12.3. The van der Waals surface area contributed by atoms with Gasteiger partial charge in [-0.3, -0.25) is 33.1 Å². The predicted octanol–water partition coefficient (Wildman–Crippen LogP) is 20.4. The average Bonchev–Trinajstić information content (AvgIpc) is 1.59. The summed E-state index contributed by atoms with van der Waals surface area (Å²) in [4.78, 5) is 98.7. The van der Waals surface area contributed by atoms with Crippen LogP contribution in [0.25, 0.3) is 71.0 Å². The summed E-state index contributed by atoms with van der Waals surface area (Å²) in [5.74, 6) is -6.96. The van der Waals surface area contributed by atoms with Gasteiger partial charge in [0, 0.05) is 70.5 Å². The monoisotopic (exact) mass is 1760 g/mol. The van der Waals surface area contributed by atoms with Crippen LogP contribution >= 0.6 is 45.3 Å².